The fourth-order valence-corrected chi connectivity index (χ4v) is 6.14. The Bertz CT molecular complexity index is 2540. The number of fused-ring (bicyclic) bond motifs is 6. The Balaban J connectivity index is 1.28. The first-order valence-corrected chi connectivity index (χ1v) is 14.9. The van der Waals surface area contributed by atoms with Crippen molar-refractivity contribution >= 4 is 43.4 Å². The van der Waals surface area contributed by atoms with Gasteiger partial charge in [-0.15, -0.1) is 0 Å². The van der Waals surface area contributed by atoms with E-state index in [1.807, 2.05) is 78.9 Å². The second-order valence-electron chi connectivity index (χ2n) is 11.1. The van der Waals surface area contributed by atoms with Crippen molar-refractivity contribution in [1.29, 1.82) is 0 Å². The average Bonchev–Trinajstić information content (AvgIpc) is 3.57. The Morgan fingerprint density at radius 1 is 0.400 bits per heavy atom. The lowest BCUT2D eigenvalue weighted by molar-refractivity contribution is 0.623. The highest BCUT2D eigenvalue weighted by Gasteiger charge is 2.19. The number of hydrogen-bond donors (Lipinski definition) is 0. The minimum absolute atomic E-state index is 0.577. The molecular weight excluding hydrogens is 552 g/mol. The number of benzene rings is 7. The molecule has 0 saturated carbocycles. The molecule has 0 aliphatic heterocycles. The van der Waals surface area contributed by atoms with Gasteiger partial charge in [0.25, 0.3) is 0 Å². The minimum Gasteiger partial charge on any atom is -0.435 e. The molecule has 0 aliphatic rings. The van der Waals surface area contributed by atoms with Gasteiger partial charge in [0, 0.05) is 27.6 Å². The molecule has 0 unspecified atom stereocenters. The van der Waals surface area contributed by atoms with Gasteiger partial charge in [0.05, 0.1) is 0 Å². The molecule has 0 saturated heterocycles. The van der Waals surface area contributed by atoms with Crippen LogP contribution in [0.2, 0.25) is 0 Å². The lowest BCUT2D eigenvalue weighted by atomic mass is 10.00. The van der Waals surface area contributed by atoms with Gasteiger partial charge in [0.1, 0.15) is 5.52 Å². The Hall–Kier alpha value is -6.20. The van der Waals surface area contributed by atoms with E-state index in [-0.39, 0.29) is 0 Å². The van der Waals surface area contributed by atoms with Crippen molar-refractivity contribution < 1.29 is 4.42 Å². The molecule has 5 heteroatoms. The van der Waals surface area contributed by atoms with Gasteiger partial charge in [-0.1, -0.05) is 121 Å². The molecule has 0 bridgehead atoms. The number of aromatic nitrogens is 4. The first-order chi connectivity index (χ1) is 22.3. The van der Waals surface area contributed by atoms with E-state index in [9.17, 15) is 0 Å². The van der Waals surface area contributed by atoms with Gasteiger partial charge in [0.2, 0.25) is 5.89 Å². The summed E-state index contributed by atoms with van der Waals surface area (Å²) in [4.78, 5) is 20.0. The highest BCUT2D eigenvalue weighted by Crippen LogP contribution is 2.37. The van der Waals surface area contributed by atoms with Crippen LogP contribution >= 0.6 is 0 Å². The number of nitrogens with zero attached hydrogens (tertiary/aromatic N) is 4. The molecule has 0 spiro atoms. The van der Waals surface area contributed by atoms with Gasteiger partial charge in [0.15, 0.2) is 23.1 Å². The third-order valence-corrected chi connectivity index (χ3v) is 8.33. The summed E-state index contributed by atoms with van der Waals surface area (Å²) in [5, 5.41) is 6.73. The Labute approximate surface area is 258 Å². The van der Waals surface area contributed by atoms with Crippen LogP contribution in [0.5, 0.6) is 0 Å². The van der Waals surface area contributed by atoms with Gasteiger partial charge in [-0.3, -0.25) is 0 Å². The lowest BCUT2D eigenvalue weighted by Crippen LogP contribution is -2.00. The van der Waals surface area contributed by atoms with E-state index in [1.54, 1.807) is 0 Å². The largest absolute Gasteiger partial charge is 0.435 e. The van der Waals surface area contributed by atoms with E-state index < -0.39 is 0 Å². The van der Waals surface area contributed by atoms with Crippen LogP contribution in [0, 0.1) is 0 Å². The zero-order valence-corrected chi connectivity index (χ0v) is 24.1. The molecular formula is C40H24N4O. The summed E-state index contributed by atoms with van der Waals surface area (Å²) < 4.78 is 6.46. The van der Waals surface area contributed by atoms with Crippen molar-refractivity contribution in [2.24, 2.45) is 0 Å². The van der Waals surface area contributed by atoms with Crippen LogP contribution in [-0.4, -0.2) is 19.9 Å². The highest BCUT2D eigenvalue weighted by molar-refractivity contribution is 6.11. The predicted molar refractivity (Wildman–Crippen MR) is 182 cm³/mol. The van der Waals surface area contributed by atoms with Gasteiger partial charge < -0.3 is 4.42 Å². The van der Waals surface area contributed by atoms with Crippen molar-refractivity contribution in [2.45, 2.75) is 0 Å². The second kappa shape index (κ2) is 10.2. The lowest BCUT2D eigenvalue weighted by Gasteiger charge is -2.11. The molecule has 9 aromatic rings. The zero-order valence-electron chi connectivity index (χ0n) is 24.1. The highest BCUT2D eigenvalue weighted by atomic mass is 16.3. The van der Waals surface area contributed by atoms with Crippen LogP contribution in [0.1, 0.15) is 0 Å². The van der Waals surface area contributed by atoms with Gasteiger partial charge in [-0.25, -0.2) is 19.9 Å². The normalized spacial score (nSPS) is 11.6. The third kappa shape index (κ3) is 4.33. The van der Waals surface area contributed by atoms with Crippen LogP contribution < -0.4 is 0 Å². The van der Waals surface area contributed by atoms with Crippen molar-refractivity contribution in [3.05, 3.63) is 146 Å². The van der Waals surface area contributed by atoms with Crippen LogP contribution in [0.4, 0.5) is 0 Å². The van der Waals surface area contributed by atoms with Crippen molar-refractivity contribution in [2.75, 3.05) is 0 Å². The fourth-order valence-electron chi connectivity index (χ4n) is 6.14. The molecule has 2 aromatic heterocycles. The van der Waals surface area contributed by atoms with Crippen molar-refractivity contribution in [3.8, 4) is 45.6 Å². The molecule has 0 radical (unpaired) electrons. The molecule has 0 fully saturated rings. The van der Waals surface area contributed by atoms with E-state index >= 15 is 0 Å². The molecule has 0 amide bonds. The zero-order chi connectivity index (χ0) is 29.7. The monoisotopic (exact) mass is 576 g/mol. The molecule has 9 rings (SSSR count). The van der Waals surface area contributed by atoms with E-state index in [4.69, 9.17) is 24.4 Å². The third-order valence-electron chi connectivity index (χ3n) is 8.33. The van der Waals surface area contributed by atoms with E-state index in [0.29, 0.717) is 28.9 Å². The predicted octanol–water partition coefficient (Wildman–Crippen LogP) is 10.1. The SMILES string of the molecule is c1ccc(-c2nc(-c3ccc4c(ccc5ccccc54)c3)nc(-c3cccc4ccc5nc(-c6ccccc6)oc5c34)n2)cc1. The van der Waals surface area contributed by atoms with Gasteiger partial charge in [-0.2, -0.15) is 0 Å². The Morgan fingerprint density at radius 3 is 1.89 bits per heavy atom. The topological polar surface area (TPSA) is 64.7 Å². The number of hydrogen-bond acceptors (Lipinski definition) is 5. The maximum atomic E-state index is 6.46. The summed E-state index contributed by atoms with van der Waals surface area (Å²) in [5.74, 6) is 2.38. The van der Waals surface area contributed by atoms with Crippen LogP contribution in [0.3, 0.4) is 0 Å². The second-order valence-corrected chi connectivity index (χ2v) is 11.1. The number of rotatable bonds is 4. The molecule has 0 N–H and O–H groups in total. The summed E-state index contributed by atoms with van der Waals surface area (Å²) in [6.07, 6.45) is 0. The van der Waals surface area contributed by atoms with E-state index in [0.717, 1.165) is 43.9 Å². The Kier molecular flexibility index (Phi) is 5.74. The average molecular weight is 577 g/mol. The van der Waals surface area contributed by atoms with Crippen LogP contribution in [-0.2, 0) is 0 Å². The maximum Gasteiger partial charge on any atom is 0.227 e. The van der Waals surface area contributed by atoms with Crippen LogP contribution in [0.25, 0.3) is 89.0 Å². The molecule has 7 aromatic carbocycles. The molecule has 0 atom stereocenters. The van der Waals surface area contributed by atoms with E-state index in [1.165, 1.54) is 16.2 Å². The van der Waals surface area contributed by atoms with Gasteiger partial charge in [-0.05, 0) is 51.2 Å². The molecule has 5 nitrogen and oxygen atoms in total. The van der Waals surface area contributed by atoms with Gasteiger partial charge >= 0.3 is 0 Å². The van der Waals surface area contributed by atoms with Crippen LogP contribution in [0.15, 0.2) is 150 Å². The molecule has 45 heavy (non-hydrogen) atoms. The maximum absolute atomic E-state index is 6.46. The molecule has 2 heterocycles. The first-order valence-electron chi connectivity index (χ1n) is 14.9. The summed E-state index contributed by atoms with van der Waals surface area (Å²) in [6.45, 7) is 0. The molecule has 210 valence electrons. The smallest absolute Gasteiger partial charge is 0.227 e. The summed E-state index contributed by atoms with van der Waals surface area (Å²) in [6, 6.07) is 49.5. The van der Waals surface area contributed by atoms with E-state index in [2.05, 4.69) is 66.7 Å². The summed E-state index contributed by atoms with van der Waals surface area (Å²) >= 11 is 0. The quantitative estimate of drug-likeness (QED) is 0.195. The number of oxazole rings is 1. The first kappa shape index (κ1) is 25.3. The summed E-state index contributed by atoms with van der Waals surface area (Å²) in [7, 11) is 0. The fraction of sp³-hybridized carbons (Fsp3) is 0. The van der Waals surface area contributed by atoms with Crippen molar-refractivity contribution in [3.63, 3.8) is 0 Å². The summed E-state index contributed by atoms with van der Waals surface area (Å²) in [5.41, 5.74) is 5.13. The standard InChI is InChI=1S/C40H24N4O/c1-3-11-27(12-4-1)37-42-38(30-20-22-32-29(24-30)19-18-25-10-7-8-16-31(25)32)44-39(43-37)33-17-9-15-26-21-23-34-36(35(26)33)45-40(41-34)28-13-5-2-6-14-28/h1-24H. The Morgan fingerprint density at radius 2 is 1.04 bits per heavy atom. The minimum atomic E-state index is 0.577. The molecule has 0 aliphatic carbocycles. The van der Waals surface area contributed by atoms with Crippen molar-refractivity contribution in [1.82, 2.24) is 19.9 Å².